The smallest absolute Gasteiger partial charge is 0.438 e. The summed E-state index contributed by atoms with van der Waals surface area (Å²) in [5, 5.41) is 0. The summed E-state index contributed by atoms with van der Waals surface area (Å²) >= 11 is 3.30. The molecule has 0 amide bonds. The Morgan fingerprint density at radius 3 is 2.70 bits per heavy atom. The first-order valence-electron chi connectivity index (χ1n) is 3.05. The first-order valence-corrected chi connectivity index (χ1v) is 3.97. The molecule has 0 aromatic rings. The van der Waals surface area contributed by atoms with Crippen LogP contribution in [0.25, 0.3) is 0 Å². The highest BCUT2D eigenvalue weighted by Gasteiger charge is 2.04. The predicted molar refractivity (Wildman–Crippen MR) is 41.4 cm³/mol. The summed E-state index contributed by atoms with van der Waals surface area (Å²) in [4.78, 5) is 10.6. The normalized spacial score (nSPS) is 12.3. The van der Waals surface area contributed by atoms with Crippen LogP contribution >= 0.6 is 15.9 Å². The highest BCUT2D eigenvalue weighted by atomic mass is 79.9. The molecule has 0 saturated heterocycles. The third-order valence-electron chi connectivity index (χ3n) is 0.992. The van der Waals surface area contributed by atoms with Gasteiger partial charge in [0.05, 0.1) is 7.11 Å². The van der Waals surface area contributed by atoms with Crippen molar-refractivity contribution in [2.24, 2.45) is 0 Å². The van der Waals surface area contributed by atoms with Crippen LogP contribution < -0.4 is 0 Å². The summed E-state index contributed by atoms with van der Waals surface area (Å²) in [6.07, 6.45) is 0.301. The minimum absolute atomic E-state index is 0.228. The van der Waals surface area contributed by atoms with Gasteiger partial charge in [-0.1, -0.05) is 22.9 Å². The standard InChI is InChI=1S/C6H11BrO3/c1-3-5(7)4-10-6(8)9-2/h5H,3-4H2,1-2H3. The van der Waals surface area contributed by atoms with Gasteiger partial charge in [-0.05, 0) is 6.42 Å². The second kappa shape index (κ2) is 5.53. The molecule has 1 atom stereocenters. The van der Waals surface area contributed by atoms with E-state index >= 15 is 0 Å². The maximum atomic E-state index is 10.4. The number of halogens is 1. The largest absolute Gasteiger partial charge is 0.508 e. The molecule has 10 heavy (non-hydrogen) atoms. The van der Waals surface area contributed by atoms with Crippen LogP contribution in [0, 0.1) is 0 Å². The molecular weight excluding hydrogens is 200 g/mol. The highest BCUT2D eigenvalue weighted by molar-refractivity contribution is 9.09. The molecule has 4 heteroatoms. The first kappa shape index (κ1) is 9.75. The van der Waals surface area contributed by atoms with Gasteiger partial charge in [-0.2, -0.15) is 0 Å². The number of carbonyl (C=O) groups is 1. The third kappa shape index (κ3) is 4.61. The summed E-state index contributed by atoms with van der Waals surface area (Å²) in [6.45, 7) is 2.36. The van der Waals surface area contributed by atoms with E-state index in [1.807, 2.05) is 6.92 Å². The van der Waals surface area contributed by atoms with Crippen molar-refractivity contribution >= 4 is 22.1 Å². The monoisotopic (exact) mass is 210 g/mol. The summed E-state index contributed by atoms with van der Waals surface area (Å²) < 4.78 is 8.90. The lowest BCUT2D eigenvalue weighted by molar-refractivity contribution is 0.0732. The highest BCUT2D eigenvalue weighted by Crippen LogP contribution is 2.04. The summed E-state index contributed by atoms with van der Waals surface area (Å²) in [5.41, 5.74) is 0. The quantitative estimate of drug-likeness (QED) is 0.528. The molecule has 0 bridgehead atoms. The van der Waals surface area contributed by atoms with E-state index in [1.54, 1.807) is 0 Å². The molecule has 0 fully saturated rings. The van der Waals surface area contributed by atoms with E-state index in [-0.39, 0.29) is 4.83 Å². The molecule has 0 rings (SSSR count). The van der Waals surface area contributed by atoms with Gasteiger partial charge < -0.3 is 9.47 Å². The van der Waals surface area contributed by atoms with E-state index in [0.717, 1.165) is 6.42 Å². The molecule has 0 aliphatic rings. The van der Waals surface area contributed by atoms with Crippen LogP contribution in [-0.4, -0.2) is 24.7 Å². The fourth-order valence-corrected chi connectivity index (χ4v) is 0.467. The van der Waals surface area contributed by atoms with E-state index in [1.165, 1.54) is 7.11 Å². The zero-order valence-corrected chi connectivity index (χ0v) is 7.68. The van der Waals surface area contributed by atoms with E-state index < -0.39 is 6.16 Å². The Kier molecular flexibility index (Phi) is 5.39. The third-order valence-corrected chi connectivity index (χ3v) is 1.90. The molecule has 0 spiro atoms. The average molecular weight is 211 g/mol. The van der Waals surface area contributed by atoms with Gasteiger partial charge in [-0.15, -0.1) is 0 Å². The molecule has 0 aromatic carbocycles. The number of rotatable bonds is 3. The van der Waals surface area contributed by atoms with Crippen LogP contribution in [0.3, 0.4) is 0 Å². The average Bonchev–Trinajstić information content (AvgIpc) is 1.99. The van der Waals surface area contributed by atoms with Crippen LogP contribution in [-0.2, 0) is 9.47 Å². The first-order chi connectivity index (χ1) is 4.70. The Morgan fingerprint density at radius 2 is 2.30 bits per heavy atom. The van der Waals surface area contributed by atoms with E-state index in [2.05, 4.69) is 25.4 Å². The van der Waals surface area contributed by atoms with Crippen molar-refractivity contribution in [3.63, 3.8) is 0 Å². The molecule has 0 heterocycles. The maximum absolute atomic E-state index is 10.4. The lowest BCUT2D eigenvalue weighted by Gasteiger charge is -2.05. The molecule has 0 aromatic heterocycles. The summed E-state index contributed by atoms with van der Waals surface area (Å²) in [6, 6.07) is 0. The number of hydrogen-bond donors (Lipinski definition) is 0. The second-order valence-electron chi connectivity index (χ2n) is 1.77. The number of methoxy groups -OCH3 is 1. The predicted octanol–water partition coefficient (Wildman–Crippen LogP) is 1.94. The van der Waals surface area contributed by atoms with Crippen molar-refractivity contribution in [3.8, 4) is 0 Å². The molecule has 3 nitrogen and oxygen atoms in total. The molecule has 0 aliphatic carbocycles. The van der Waals surface area contributed by atoms with Gasteiger partial charge >= 0.3 is 6.16 Å². The van der Waals surface area contributed by atoms with Crippen molar-refractivity contribution in [3.05, 3.63) is 0 Å². The lowest BCUT2D eigenvalue weighted by Crippen LogP contribution is -2.12. The van der Waals surface area contributed by atoms with Crippen molar-refractivity contribution < 1.29 is 14.3 Å². The van der Waals surface area contributed by atoms with E-state index in [0.29, 0.717) is 6.61 Å². The van der Waals surface area contributed by atoms with Crippen LogP contribution in [0.15, 0.2) is 0 Å². The lowest BCUT2D eigenvalue weighted by atomic mass is 10.4. The second-order valence-corrected chi connectivity index (χ2v) is 3.07. The number of alkyl halides is 1. The minimum atomic E-state index is -0.627. The van der Waals surface area contributed by atoms with E-state index in [4.69, 9.17) is 0 Å². The molecule has 0 radical (unpaired) electrons. The van der Waals surface area contributed by atoms with Crippen LogP contribution in [0.1, 0.15) is 13.3 Å². The molecule has 0 N–H and O–H groups in total. The van der Waals surface area contributed by atoms with Gasteiger partial charge in [0.15, 0.2) is 0 Å². The Morgan fingerprint density at radius 1 is 1.70 bits per heavy atom. The molecule has 0 aliphatic heterocycles. The maximum Gasteiger partial charge on any atom is 0.508 e. The Bertz CT molecular complexity index is 105. The molecule has 0 saturated carbocycles. The fourth-order valence-electron chi connectivity index (χ4n) is 0.335. The van der Waals surface area contributed by atoms with Gasteiger partial charge in [0, 0.05) is 4.83 Å². The molecule has 60 valence electrons. The zero-order chi connectivity index (χ0) is 7.98. The Balaban J connectivity index is 3.26. The van der Waals surface area contributed by atoms with Crippen molar-refractivity contribution in [1.82, 2.24) is 0 Å². The summed E-state index contributed by atoms with van der Waals surface area (Å²) in [5.74, 6) is 0. The Hall–Kier alpha value is -0.250. The van der Waals surface area contributed by atoms with Crippen molar-refractivity contribution in [1.29, 1.82) is 0 Å². The fraction of sp³-hybridized carbons (Fsp3) is 0.833. The van der Waals surface area contributed by atoms with Gasteiger partial charge in [-0.3, -0.25) is 0 Å². The SMILES string of the molecule is CCC(Br)COC(=O)OC. The van der Waals surface area contributed by atoms with E-state index in [9.17, 15) is 4.79 Å². The molecule has 1 unspecified atom stereocenters. The van der Waals surface area contributed by atoms with Crippen LogP contribution in [0.4, 0.5) is 4.79 Å². The number of carbonyl (C=O) groups excluding carboxylic acids is 1. The van der Waals surface area contributed by atoms with Crippen molar-refractivity contribution in [2.75, 3.05) is 13.7 Å². The van der Waals surface area contributed by atoms with Gasteiger partial charge in [0.2, 0.25) is 0 Å². The van der Waals surface area contributed by atoms with Gasteiger partial charge in [-0.25, -0.2) is 4.79 Å². The number of hydrogen-bond acceptors (Lipinski definition) is 3. The van der Waals surface area contributed by atoms with Crippen LogP contribution in [0.2, 0.25) is 0 Å². The van der Waals surface area contributed by atoms with Gasteiger partial charge in [0.25, 0.3) is 0 Å². The topological polar surface area (TPSA) is 35.5 Å². The zero-order valence-electron chi connectivity index (χ0n) is 6.09. The van der Waals surface area contributed by atoms with Crippen molar-refractivity contribution in [2.45, 2.75) is 18.2 Å². The minimum Gasteiger partial charge on any atom is -0.438 e. The Labute approximate surface area is 68.8 Å². The summed E-state index contributed by atoms with van der Waals surface area (Å²) in [7, 11) is 1.29. The number of ether oxygens (including phenoxy) is 2. The van der Waals surface area contributed by atoms with Gasteiger partial charge in [0.1, 0.15) is 6.61 Å². The van der Waals surface area contributed by atoms with Crippen LogP contribution in [0.5, 0.6) is 0 Å². The molecular formula is C6H11BrO3.